The maximum atomic E-state index is 11.1. The van der Waals surface area contributed by atoms with Crippen molar-refractivity contribution >= 4 is 51.0 Å². The van der Waals surface area contributed by atoms with E-state index in [9.17, 15) is 4.79 Å². The topological polar surface area (TPSA) is 17.1 Å². The van der Waals surface area contributed by atoms with Gasteiger partial charge in [0.2, 0.25) is 0 Å². The zero-order chi connectivity index (χ0) is 8.36. The molecule has 0 bridgehead atoms. The zero-order valence-electron chi connectivity index (χ0n) is 6.45. The highest BCUT2D eigenvalue weighted by Gasteiger charge is 2.21. The van der Waals surface area contributed by atoms with Crippen LogP contribution in [0.25, 0.3) is 0 Å². The Balaban J connectivity index is 3.81. The maximum Gasteiger partial charge on any atom is 0.137 e. The van der Waals surface area contributed by atoms with Gasteiger partial charge in [0.1, 0.15) is 5.78 Å². The summed E-state index contributed by atoms with van der Waals surface area (Å²) < 4.78 is 0.0941. The van der Waals surface area contributed by atoms with E-state index in [4.69, 9.17) is 0 Å². The summed E-state index contributed by atoms with van der Waals surface area (Å²) >= 11 is 4.58. The summed E-state index contributed by atoms with van der Waals surface area (Å²) in [6.45, 7) is 5.96. The van der Waals surface area contributed by atoms with E-state index < -0.39 is 0 Å². The van der Waals surface area contributed by atoms with E-state index in [-0.39, 0.29) is 7.35 Å². The lowest BCUT2D eigenvalue weighted by atomic mass is 10.1. The molecule has 0 aliphatic rings. The van der Waals surface area contributed by atoms with Gasteiger partial charge < -0.3 is 0 Å². The lowest BCUT2D eigenvalue weighted by Gasteiger charge is -2.13. The minimum Gasteiger partial charge on any atom is -0.299 e. The number of rotatable bonds is 3. The number of Topliss-reactive ketones (excluding diaryl/α,β-unsaturated/α-hetero) is 1. The molecule has 0 aliphatic heterocycles. The normalized spacial score (nSPS) is 12.2. The lowest BCUT2D eigenvalue weighted by molar-refractivity contribution is -0.121. The molecule has 0 fully saturated rings. The van der Waals surface area contributed by atoms with Gasteiger partial charge in [-0.2, -0.15) is 0 Å². The van der Waals surface area contributed by atoms with Gasteiger partial charge in [0, 0.05) is 12.3 Å². The van der Waals surface area contributed by atoms with Crippen molar-refractivity contribution in [2.45, 2.75) is 28.6 Å². The summed E-state index contributed by atoms with van der Waals surface area (Å²) in [5, 5.41) is 0. The highest BCUT2D eigenvalue weighted by atomic mass is 127. The highest BCUT2D eigenvalue weighted by Crippen LogP contribution is 2.31. The van der Waals surface area contributed by atoms with Crippen LogP contribution in [0.15, 0.2) is 0 Å². The summed E-state index contributed by atoms with van der Waals surface area (Å²) in [5.74, 6) is 0.537. The Morgan fingerprint density at radius 2 is 1.90 bits per heavy atom. The van der Waals surface area contributed by atoms with Gasteiger partial charge in [-0.25, -0.2) is 0 Å². The largest absolute Gasteiger partial charge is 0.299 e. The molecule has 60 valence electrons. The monoisotopic (exact) mass is 366 g/mol. The van der Waals surface area contributed by atoms with Crippen molar-refractivity contribution in [3.63, 3.8) is 0 Å². The van der Waals surface area contributed by atoms with E-state index in [0.717, 1.165) is 0 Å². The standard InChI is InChI=1S/C7H12I2O/c1-5(2)6(10)4-7(3,8)9/h5H,4H2,1-3H3. The number of ketones is 1. The highest BCUT2D eigenvalue weighted by molar-refractivity contribution is 14.2. The fraction of sp³-hybridized carbons (Fsp3) is 0.857. The Labute approximate surface area is 89.6 Å². The molecule has 0 amide bonds. The molecule has 0 N–H and O–H groups in total. The van der Waals surface area contributed by atoms with Crippen molar-refractivity contribution < 1.29 is 4.79 Å². The average Bonchev–Trinajstić information content (AvgIpc) is 1.60. The molecule has 10 heavy (non-hydrogen) atoms. The molecule has 3 heteroatoms. The van der Waals surface area contributed by atoms with Crippen molar-refractivity contribution in [1.82, 2.24) is 0 Å². The molecule has 0 spiro atoms. The molecule has 0 saturated heterocycles. The first-order valence-corrected chi connectivity index (χ1v) is 5.39. The van der Waals surface area contributed by atoms with Crippen LogP contribution >= 0.6 is 45.2 Å². The molecule has 0 aromatic heterocycles. The summed E-state index contributed by atoms with van der Waals surface area (Å²) in [6, 6.07) is 0. The van der Waals surface area contributed by atoms with Crippen LogP contribution in [0.5, 0.6) is 0 Å². The van der Waals surface area contributed by atoms with E-state index in [0.29, 0.717) is 12.2 Å². The van der Waals surface area contributed by atoms with Gasteiger partial charge in [-0.3, -0.25) is 4.79 Å². The third-order valence-corrected chi connectivity index (χ3v) is 1.89. The molecule has 0 aromatic carbocycles. The van der Waals surface area contributed by atoms with E-state index >= 15 is 0 Å². The van der Waals surface area contributed by atoms with Crippen molar-refractivity contribution in [2.24, 2.45) is 5.92 Å². The first-order valence-electron chi connectivity index (χ1n) is 3.23. The van der Waals surface area contributed by atoms with Crippen LogP contribution in [0, 0.1) is 5.92 Å². The summed E-state index contributed by atoms with van der Waals surface area (Å²) in [7, 11) is 0. The Morgan fingerprint density at radius 1 is 1.50 bits per heavy atom. The van der Waals surface area contributed by atoms with Crippen molar-refractivity contribution in [2.75, 3.05) is 0 Å². The molecule has 0 unspecified atom stereocenters. The van der Waals surface area contributed by atoms with E-state index in [2.05, 4.69) is 52.1 Å². The number of carbonyl (C=O) groups excluding carboxylic acids is 1. The van der Waals surface area contributed by atoms with E-state index in [1.165, 1.54) is 0 Å². The van der Waals surface area contributed by atoms with Crippen LogP contribution in [-0.4, -0.2) is 7.21 Å². The van der Waals surface area contributed by atoms with Gasteiger partial charge in [-0.1, -0.05) is 59.0 Å². The summed E-state index contributed by atoms with van der Waals surface area (Å²) in [4.78, 5) is 11.1. The molecule has 0 radical (unpaired) electrons. The van der Waals surface area contributed by atoms with Gasteiger partial charge in [0.05, 0.1) is 1.43 Å². The lowest BCUT2D eigenvalue weighted by Crippen LogP contribution is -2.16. The molecule has 1 nitrogen and oxygen atoms in total. The Hall–Kier alpha value is 1.13. The Morgan fingerprint density at radius 3 is 2.00 bits per heavy atom. The third kappa shape index (κ3) is 5.88. The molecule has 0 heterocycles. The fourth-order valence-corrected chi connectivity index (χ4v) is 1.26. The zero-order valence-corrected chi connectivity index (χ0v) is 10.8. The molecule has 0 aromatic rings. The Kier molecular flexibility index (Phi) is 4.71. The second-order valence-corrected chi connectivity index (χ2v) is 9.69. The molecule has 0 aliphatic carbocycles. The quantitative estimate of drug-likeness (QED) is 0.554. The predicted octanol–water partition coefficient (Wildman–Crippen LogP) is 3.19. The van der Waals surface area contributed by atoms with Gasteiger partial charge in [0.25, 0.3) is 0 Å². The average molecular weight is 366 g/mol. The Bertz CT molecular complexity index is 124. The van der Waals surface area contributed by atoms with Crippen LogP contribution < -0.4 is 0 Å². The molecular formula is C7H12I2O. The number of alkyl halides is 2. The van der Waals surface area contributed by atoms with Crippen LogP contribution in [0.3, 0.4) is 0 Å². The molecule has 0 saturated carbocycles. The SMILES string of the molecule is CC(C)C(=O)CC(C)(I)I. The molecular weight excluding hydrogens is 354 g/mol. The fourth-order valence-electron chi connectivity index (χ4n) is 0.510. The van der Waals surface area contributed by atoms with E-state index in [1.807, 2.05) is 13.8 Å². The summed E-state index contributed by atoms with van der Waals surface area (Å²) in [5.41, 5.74) is 0. The summed E-state index contributed by atoms with van der Waals surface area (Å²) in [6.07, 6.45) is 0.672. The van der Waals surface area contributed by atoms with Gasteiger partial charge >= 0.3 is 0 Å². The smallest absolute Gasteiger partial charge is 0.137 e. The van der Waals surface area contributed by atoms with Gasteiger partial charge in [-0.15, -0.1) is 0 Å². The van der Waals surface area contributed by atoms with Crippen molar-refractivity contribution in [1.29, 1.82) is 0 Å². The number of halogens is 2. The number of hydrogen-bond donors (Lipinski definition) is 0. The van der Waals surface area contributed by atoms with Crippen LogP contribution in [0.2, 0.25) is 0 Å². The van der Waals surface area contributed by atoms with Crippen molar-refractivity contribution in [3.8, 4) is 0 Å². The minimum absolute atomic E-state index is 0.0941. The first kappa shape index (κ1) is 11.1. The number of hydrogen-bond acceptors (Lipinski definition) is 1. The van der Waals surface area contributed by atoms with Crippen LogP contribution in [-0.2, 0) is 4.79 Å². The van der Waals surface area contributed by atoms with Gasteiger partial charge in [-0.05, 0) is 6.92 Å². The second-order valence-electron chi connectivity index (χ2n) is 2.87. The predicted molar refractivity (Wildman–Crippen MR) is 60.9 cm³/mol. The van der Waals surface area contributed by atoms with Crippen molar-refractivity contribution in [3.05, 3.63) is 0 Å². The van der Waals surface area contributed by atoms with E-state index in [1.54, 1.807) is 0 Å². The minimum atomic E-state index is 0.0941. The third-order valence-electron chi connectivity index (χ3n) is 1.13. The first-order chi connectivity index (χ1) is 4.33. The maximum absolute atomic E-state index is 11.1. The van der Waals surface area contributed by atoms with Crippen LogP contribution in [0.4, 0.5) is 0 Å². The van der Waals surface area contributed by atoms with Crippen LogP contribution in [0.1, 0.15) is 27.2 Å². The second kappa shape index (κ2) is 4.23. The molecule has 0 rings (SSSR count). The number of carbonyl (C=O) groups is 1. The van der Waals surface area contributed by atoms with Gasteiger partial charge in [0.15, 0.2) is 0 Å². The molecule has 0 atom stereocenters.